The van der Waals surface area contributed by atoms with Gasteiger partial charge in [0.25, 0.3) is 5.92 Å². The molecule has 2 fully saturated rings. The molecule has 1 saturated heterocycles. The molecule has 1 aromatic heterocycles. The van der Waals surface area contributed by atoms with Crippen molar-refractivity contribution in [3.05, 3.63) is 30.0 Å². The molecule has 3 aliphatic rings. The number of para-hydroxylation sites is 2. The fraction of sp³-hybridized carbons (Fsp3) is 0.633. The monoisotopic (exact) mass is 572 g/mol. The molecule has 1 saturated carbocycles. The van der Waals surface area contributed by atoms with Gasteiger partial charge in [0, 0.05) is 12.3 Å². The largest absolute Gasteiger partial charge is 0.471 e. The van der Waals surface area contributed by atoms with Crippen molar-refractivity contribution < 1.29 is 32.6 Å². The number of nitrogens with one attached hydrogen (secondary N) is 1. The standard InChI is InChI=1S/C30H38F2N4O5/c1-16-22-15-36(23(16)17(2)37)27(38)25(29(3,4)5)35-28(39)41-21-14-18(21)10-8-9-13-30(31,32)24-26(40-22)34-20-12-7-6-11-19(20)33-24/h6-7,11-12,16,18,21-23,25H,8-10,13-15H2,1-5H3,(H,35,39)/t16-,18-,21-,22+,23+,25-/m1/s1. The second-order valence-electron chi connectivity index (χ2n) is 12.8. The van der Waals surface area contributed by atoms with Crippen LogP contribution in [-0.2, 0) is 20.2 Å². The topological polar surface area (TPSA) is 111 Å². The molecule has 0 unspecified atom stereocenters. The van der Waals surface area contributed by atoms with E-state index in [-0.39, 0.29) is 36.7 Å². The summed E-state index contributed by atoms with van der Waals surface area (Å²) in [6.07, 6.45) is -0.167. The quantitative estimate of drug-likeness (QED) is 0.512. The van der Waals surface area contributed by atoms with Crippen LogP contribution >= 0.6 is 0 Å². The van der Waals surface area contributed by atoms with E-state index in [0.29, 0.717) is 30.3 Å². The number of halogens is 2. The molecule has 5 rings (SSSR count). The summed E-state index contributed by atoms with van der Waals surface area (Å²) >= 11 is 0. The Balaban J connectivity index is 1.55. The van der Waals surface area contributed by atoms with Crippen molar-refractivity contribution in [2.45, 2.75) is 96.9 Å². The number of Topliss-reactive ketones (excluding diaryl/α,β-unsaturated/α-hetero) is 1. The summed E-state index contributed by atoms with van der Waals surface area (Å²) in [5, 5.41) is 2.75. The Morgan fingerprint density at radius 2 is 1.76 bits per heavy atom. The average Bonchev–Trinajstić information content (AvgIpc) is 3.54. The van der Waals surface area contributed by atoms with E-state index in [1.165, 1.54) is 11.8 Å². The first kappa shape index (κ1) is 29.1. The second kappa shape index (κ2) is 10.8. The first-order valence-electron chi connectivity index (χ1n) is 14.4. The summed E-state index contributed by atoms with van der Waals surface area (Å²) in [5.41, 5.74) is -0.513. The van der Waals surface area contributed by atoms with E-state index in [2.05, 4.69) is 15.3 Å². The molecule has 2 aliphatic heterocycles. The number of amides is 2. The van der Waals surface area contributed by atoms with Crippen molar-refractivity contribution in [1.82, 2.24) is 20.2 Å². The number of ketones is 1. The number of hydrogen-bond acceptors (Lipinski definition) is 7. The zero-order chi connectivity index (χ0) is 29.7. The predicted octanol–water partition coefficient (Wildman–Crippen LogP) is 5.01. The molecule has 1 aliphatic carbocycles. The molecule has 0 spiro atoms. The maximum Gasteiger partial charge on any atom is 0.408 e. The zero-order valence-corrected chi connectivity index (χ0v) is 24.2. The van der Waals surface area contributed by atoms with Crippen LogP contribution < -0.4 is 10.1 Å². The number of ether oxygens (including phenoxy) is 2. The molecular formula is C30H38F2N4O5. The van der Waals surface area contributed by atoms with Crippen molar-refractivity contribution in [3.8, 4) is 5.88 Å². The van der Waals surface area contributed by atoms with Crippen molar-refractivity contribution >= 4 is 28.8 Å². The summed E-state index contributed by atoms with van der Waals surface area (Å²) in [7, 11) is 0. The SMILES string of the molecule is CC(=O)[C@@H]1[C@H](C)[C@@H]2CN1C(=O)[C@H](C(C)(C)C)NC(=O)O[C@@H]1C[C@H]1CCCCC(F)(F)c1nc3ccccc3nc1O2. The van der Waals surface area contributed by atoms with E-state index in [9.17, 15) is 14.4 Å². The molecule has 2 aromatic rings. The smallest absolute Gasteiger partial charge is 0.408 e. The molecule has 1 N–H and O–H groups in total. The first-order chi connectivity index (χ1) is 19.3. The van der Waals surface area contributed by atoms with Gasteiger partial charge in [-0.2, -0.15) is 8.78 Å². The summed E-state index contributed by atoms with van der Waals surface area (Å²) in [4.78, 5) is 49.8. The van der Waals surface area contributed by atoms with E-state index in [1.54, 1.807) is 31.2 Å². The maximum atomic E-state index is 15.7. The van der Waals surface area contributed by atoms with Gasteiger partial charge < -0.3 is 19.7 Å². The zero-order valence-electron chi connectivity index (χ0n) is 24.2. The highest BCUT2D eigenvalue weighted by Crippen LogP contribution is 2.42. The molecule has 11 heteroatoms. The van der Waals surface area contributed by atoms with Crippen molar-refractivity contribution in [1.29, 1.82) is 0 Å². The van der Waals surface area contributed by atoms with Crippen LogP contribution in [0.2, 0.25) is 0 Å². The lowest BCUT2D eigenvalue weighted by Crippen LogP contribution is -2.57. The van der Waals surface area contributed by atoms with Gasteiger partial charge in [0.1, 0.15) is 18.2 Å². The highest BCUT2D eigenvalue weighted by molar-refractivity contribution is 5.92. The number of hydrogen-bond donors (Lipinski definition) is 1. The molecule has 41 heavy (non-hydrogen) atoms. The molecule has 6 atom stereocenters. The molecule has 3 heterocycles. The van der Waals surface area contributed by atoms with Crippen LogP contribution in [0.3, 0.4) is 0 Å². The molecule has 2 bridgehead atoms. The lowest BCUT2D eigenvalue weighted by atomic mass is 9.85. The van der Waals surface area contributed by atoms with Crippen LogP contribution in [0.4, 0.5) is 13.6 Å². The summed E-state index contributed by atoms with van der Waals surface area (Å²) < 4.78 is 43.2. The highest BCUT2D eigenvalue weighted by Gasteiger charge is 2.50. The van der Waals surface area contributed by atoms with E-state index in [1.807, 2.05) is 20.8 Å². The lowest BCUT2D eigenvalue weighted by Gasteiger charge is -2.35. The molecule has 1 aromatic carbocycles. The summed E-state index contributed by atoms with van der Waals surface area (Å²) in [5.74, 6) is -4.78. The highest BCUT2D eigenvalue weighted by atomic mass is 19.3. The Bertz CT molecular complexity index is 1350. The second-order valence-corrected chi connectivity index (χ2v) is 12.8. The molecule has 222 valence electrons. The van der Waals surface area contributed by atoms with Crippen molar-refractivity contribution in [3.63, 3.8) is 0 Å². The van der Waals surface area contributed by atoms with E-state index < -0.39 is 59.6 Å². The molecule has 0 radical (unpaired) electrons. The van der Waals surface area contributed by atoms with E-state index in [4.69, 9.17) is 9.47 Å². The third-order valence-corrected chi connectivity index (χ3v) is 8.45. The Kier molecular flexibility index (Phi) is 7.67. The summed E-state index contributed by atoms with van der Waals surface area (Å²) in [6, 6.07) is 4.89. The average molecular weight is 573 g/mol. The number of alkyl halides is 2. The van der Waals surface area contributed by atoms with Crippen molar-refractivity contribution in [2.24, 2.45) is 17.3 Å². The van der Waals surface area contributed by atoms with Crippen molar-refractivity contribution in [2.75, 3.05) is 6.54 Å². The number of carbonyl (C=O) groups is 3. The van der Waals surface area contributed by atoms with Crippen LogP contribution in [-0.4, -0.2) is 63.5 Å². The first-order valence-corrected chi connectivity index (χ1v) is 14.4. The van der Waals surface area contributed by atoms with Crippen LogP contribution in [0.25, 0.3) is 11.0 Å². The maximum absolute atomic E-state index is 15.7. The molecule has 2 amide bonds. The number of fused-ring (bicyclic) bond motifs is 5. The predicted molar refractivity (Wildman–Crippen MR) is 146 cm³/mol. The van der Waals surface area contributed by atoms with Crippen LogP contribution in [0.1, 0.15) is 72.4 Å². The van der Waals surface area contributed by atoms with Gasteiger partial charge in [0.2, 0.25) is 11.8 Å². The fourth-order valence-corrected chi connectivity index (χ4v) is 6.01. The third-order valence-electron chi connectivity index (χ3n) is 8.45. The number of benzene rings is 1. The number of alkyl carbamates (subject to hydrolysis) is 1. The van der Waals surface area contributed by atoms with Gasteiger partial charge in [-0.15, -0.1) is 0 Å². The van der Waals surface area contributed by atoms with Gasteiger partial charge in [-0.3, -0.25) is 9.59 Å². The molecular weight excluding hydrogens is 534 g/mol. The number of rotatable bonds is 1. The van der Waals surface area contributed by atoms with Crippen LogP contribution in [0.5, 0.6) is 5.88 Å². The van der Waals surface area contributed by atoms with Gasteiger partial charge in [0.05, 0.1) is 23.6 Å². The van der Waals surface area contributed by atoms with Gasteiger partial charge >= 0.3 is 6.09 Å². The Hall–Kier alpha value is -3.37. The lowest BCUT2D eigenvalue weighted by molar-refractivity contribution is -0.141. The van der Waals surface area contributed by atoms with E-state index >= 15 is 8.78 Å². The van der Waals surface area contributed by atoms with Gasteiger partial charge in [-0.05, 0) is 49.7 Å². The minimum Gasteiger partial charge on any atom is -0.471 e. The number of aromatic nitrogens is 2. The van der Waals surface area contributed by atoms with Gasteiger partial charge in [-0.1, -0.05) is 46.2 Å². The van der Waals surface area contributed by atoms with Gasteiger partial charge in [-0.25, -0.2) is 14.8 Å². The minimum atomic E-state index is -3.31. The number of carbonyl (C=O) groups excluding carboxylic acids is 3. The van der Waals surface area contributed by atoms with Gasteiger partial charge in [0.15, 0.2) is 11.5 Å². The fourth-order valence-electron chi connectivity index (χ4n) is 6.01. The Morgan fingerprint density at radius 1 is 1.07 bits per heavy atom. The van der Waals surface area contributed by atoms with Crippen LogP contribution in [0, 0.1) is 17.3 Å². The normalized spacial score (nSPS) is 30.7. The third kappa shape index (κ3) is 5.99. The number of nitrogens with zero attached hydrogens (tertiary/aromatic N) is 3. The molecule has 9 nitrogen and oxygen atoms in total. The Labute approximate surface area is 238 Å². The minimum absolute atomic E-state index is 0.0439. The van der Waals surface area contributed by atoms with E-state index in [0.717, 1.165) is 0 Å². The van der Waals surface area contributed by atoms with Crippen LogP contribution in [0.15, 0.2) is 24.3 Å². The Morgan fingerprint density at radius 3 is 2.41 bits per heavy atom. The summed E-state index contributed by atoms with van der Waals surface area (Å²) in [6.45, 7) is 8.54.